The van der Waals surface area contributed by atoms with Crippen LogP contribution in [0.4, 0.5) is 0 Å². The molecule has 0 amide bonds. The van der Waals surface area contributed by atoms with Crippen molar-refractivity contribution in [1.82, 2.24) is 10.3 Å². The van der Waals surface area contributed by atoms with Gasteiger partial charge in [0.2, 0.25) is 5.88 Å². The molecule has 2 aliphatic rings. The number of aromatic nitrogens is 1. The lowest BCUT2D eigenvalue weighted by Crippen LogP contribution is -2.41. The van der Waals surface area contributed by atoms with E-state index in [-0.39, 0.29) is 30.1 Å². The van der Waals surface area contributed by atoms with Crippen LogP contribution in [0, 0.1) is 0 Å². The summed E-state index contributed by atoms with van der Waals surface area (Å²) in [6.07, 6.45) is 10.1. The van der Waals surface area contributed by atoms with Crippen LogP contribution >= 0.6 is 24.0 Å². The first-order chi connectivity index (χ1) is 11.8. The molecule has 1 aromatic rings. The van der Waals surface area contributed by atoms with Gasteiger partial charge in [0.15, 0.2) is 5.96 Å². The fourth-order valence-corrected chi connectivity index (χ4v) is 3.26. The highest BCUT2D eigenvalue weighted by atomic mass is 127. The standard InChI is InChI=1S/C18H28N4O2.HI/c19-18(22-15-4-2-1-3-5-15)21-13-14-6-9-20-17(12-14)24-16-7-10-23-11-8-16;/h6,9,12,15-16H,1-5,7-8,10-11,13H2,(H3,19,21,22);1H. The lowest BCUT2D eigenvalue weighted by atomic mass is 9.96. The van der Waals surface area contributed by atoms with Crippen molar-refractivity contribution in [3.05, 3.63) is 23.9 Å². The molecule has 1 aliphatic heterocycles. The third-order valence-corrected chi connectivity index (χ3v) is 4.64. The molecule has 0 radical (unpaired) electrons. The monoisotopic (exact) mass is 460 g/mol. The Labute approximate surface area is 167 Å². The number of aliphatic imine (C=N–C) groups is 1. The summed E-state index contributed by atoms with van der Waals surface area (Å²) in [6, 6.07) is 4.38. The Morgan fingerprint density at radius 3 is 2.76 bits per heavy atom. The van der Waals surface area contributed by atoms with Crippen molar-refractivity contribution in [3.8, 4) is 5.88 Å². The second-order valence-corrected chi connectivity index (χ2v) is 6.61. The number of hydrogen-bond donors (Lipinski definition) is 2. The van der Waals surface area contributed by atoms with E-state index in [1.807, 2.05) is 12.1 Å². The molecule has 1 aliphatic carbocycles. The minimum absolute atomic E-state index is 0. The molecule has 6 nitrogen and oxygen atoms in total. The van der Waals surface area contributed by atoms with E-state index in [0.717, 1.165) is 31.6 Å². The Balaban J connectivity index is 0.00000225. The van der Waals surface area contributed by atoms with Gasteiger partial charge < -0.3 is 20.5 Å². The minimum atomic E-state index is 0. The predicted octanol–water partition coefficient (Wildman–Crippen LogP) is 2.99. The first-order valence-corrected chi connectivity index (χ1v) is 9.05. The highest BCUT2D eigenvalue weighted by molar-refractivity contribution is 14.0. The summed E-state index contributed by atoms with van der Waals surface area (Å²) in [6.45, 7) is 2.06. The number of nitrogens with one attached hydrogen (secondary N) is 1. The van der Waals surface area contributed by atoms with Crippen molar-refractivity contribution in [2.45, 2.75) is 63.6 Å². The molecule has 0 unspecified atom stereocenters. The maximum absolute atomic E-state index is 6.02. The summed E-state index contributed by atoms with van der Waals surface area (Å²) in [4.78, 5) is 8.75. The van der Waals surface area contributed by atoms with Crippen molar-refractivity contribution in [1.29, 1.82) is 0 Å². The van der Waals surface area contributed by atoms with E-state index >= 15 is 0 Å². The second kappa shape index (κ2) is 10.8. The zero-order valence-electron chi connectivity index (χ0n) is 14.7. The Morgan fingerprint density at radius 2 is 2.00 bits per heavy atom. The molecule has 1 saturated heterocycles. The van der Waals surface area contributed by atoms with Crippen LogP contribution in [0.25, 0.3) is 0 Å². The Morgan fingerprint density at radius 1 is 1.24 bits per heavy atom. The third-order valence-electron chi connectivity index (χ3n) is 4.64. The van der Waals surface area contributed by atoms with Gasteiger partial charge in [0.05, 0.1) is 19.8 Å². The molecular formula is C18H29IN4O2. The number of nitrogens with zero attached hydrogens (tertiary/aromatic N) is 2. The van der Waals surface area contributed by atoms with Crippen LogP contribution in [-0.2, 0) is 11.3 Å². The average Bonchev–Trinajstić information content (AvgIpc) is 2.62. The molecule has 2 heterocycles. The van der Waals surface area contributed by atoms with Gasteiger partial charge in [-0.25, -0.2) is 9.98 Å². The van der Waals surface area contributed by atoms with Crippen LogP contribution in [0.1, 0.15) is 50.5 Å². The van der Waals surface area contributed by atoms with E-state index in [1.54, 1.807) is 6.20 Å². The van der Waals surface area contributed by atoms with E-state index in [2.05, 4.69) is 15.3 Å². The zero-order chi connectivity index (χ0) is 16.6. The van der Waals surface area contributed by atoms with Crippen molar-refractivity contribution in [2.24, 2.45) is 10.7 Å². The Bertz CT molecular complexity index is 544. The van der Waals surface area contributed by atoms with E-state index in [0.29, 0.717) is 24.4 Å². The molecule has 25 heavy (non-hydrogen) atoms. The van der Waals surface area contributed by atoms with Crippen LogP contribution in [0.5, 0.6) is 5.88 Å². The summed E-state index contributed by atoms with van der Waals surface area (Å²) in [5, 5.41) is 3.34. The van der Waals surface area contributed by atoms with Gasteiger partial charge in [-0.3, -0.25) is 0 Å². The fourth-order valence-electron chi connectivity index (χ4n) is 3.26. The maximum atomic E-state index is 6.02. The van der Waals surface area contributed by atoms with Gasteiger partial charge >= 0.3 is 0 Å². The van der Waals surface area contributed by atoms with Crippen molar-refractivity contribution in [3.63, 3.8) is 0 Å². The largest absolute Gasteiger partial charge is 0.474 e. The number of ether oxygens (including phenoxy) is 2. The molecule has 0 bridgehead atoms. The van der Waals surface area contributed by atoms with Crippen LogP contribution in [-0.4, -0.2) is 36.3 Å². The van der Waals surface area contributed by atoms with E-state index in [4.69, 9.17) is 15.2 Å². The first-order valence-electron chi connectivity index (χ1n) is 9.05. The summed E-state index contributed by atoms with van der Waals surface area (Å²) < 4.78 is 11.3. The molecule has 0 spiro atoms. The Hall–Kier alpha value is -1.09. The topological polar surface area (TPSA) is 81.8 Å². The molecule has 2 fully saturated rings. The molecule has 7 heteroatoms. The highest BCUT2D eigenvalue weighted by Gasteiger charge is 2.16. The number of nitrogens with two attached hydrogens (primary N) is 1. The lowest BCUT2D eigenvalue weighted by molar-refractivity contribution is 0.0237. The Kier molecular flexibility index (Phi) is 8.74. The average molecular weight is 460 g/mol. The number of halogens is 1. The third kappa shape index (κ3) is 6.97. The van der Waals surface area contributed by atoms with Gasteiger partial charge in [-0.1, -0.05) is 19.3 Å². The summed E-state index contributed by atoms with van der Waals surface area (Å²) in [7, 11) is 0. The van der Waals surface area contributed by atoms with Gasteiger partial charge in [-0.2, -0.15) is 0 Å². The zero-order valence-corrected chi connectivity index (χ0v) is 17.0. The van der Waals surface area contributed by atoms with Crippen molar-refractivity contribution in [2.75, 3.05) is 13.2 Å². The number of rotatable bonds is 5. The summed E-state index contributed by atoms with van der Waals surface area (Å²) >= 11 is 0. The fraction of sp³-hybridized carbons (Fsp3) is 0.667. The van der Waals surface area contributed by atoms with Crippen molar-refractivity contribution < 1.29 is 9.47 Å². The van der Waals surface area contributed by atoms with Gasteiger partial charge in [0.1, 0.15) is 6.10 Å². The number of guanidine groups is 1. The van der Waals surface area contributed by atoms with Crippen LogP contribution in [0.3, 0.4) is 0 Å². The SMILES string of the molecule is I.NC(=NCc1ccnc(OC2CCOCC2)c1)NC1CCCCC1. The molecule has 1 saturated carbocycles. The maximum Gasteiger partial charge on any atom is 0.213 e. The molecular weight excluding hydrogens is 431 g/mol. The van der Waals surface area contributed by atoms with Crippen LogP contribution in [0.15, 0.2) is 23.3 Å². The normalized spacial score (nSPS) is 19.9. The second-order valence-electron chi connectivity index (χ2n) is 6.61. The minimum Gasteiger partial charge on any atom is -0.474 e. The number of pyridine rings is 1. The molecule has 140 valence electrons. The van der Waals surface area contributed by atoms with Gasteiger partial charge in [0.25, 0.3) is 0 Å². The van der Waals surface area contributed by atoms with E-state index in [9.17, 15) is 0 Å². The van der Waals surface area contributed by atoms with Crippen LogP contribution in [0.2, 0.25) is 0 Å². The molecule has 3 N–H and O–H groups in total. The molecule has 1 aromatic heterocycles. The van der Waals surface area contributed by atoms with E-state index < -0.39 is 0 Å². The van der Waals surface area contributed by atoms with Gasteiger partial charge in [-0.15, -0.1) is 24.0 Å². The van der Waals surface area contributed by atoms with Crippen LogP contribution < -0.4 is 15.8 Å². The summed E-state index contributed by atoms with van der Waals surface area (Å²) in [5.41, 5.74) is 7.07. The van der Waals surface area contributed by atoms with E-state index in [1.165, 1.54) is 32.1 Å². The predicted molar refractivity (Wildman–Crippen MR) is 109 cm³/mol. The quantitative estimate of drug-likeness (QED) is 0.401. The molecule has 3 rings (SSSR count). The highest BCUT2D eigenvalue weighted by Crippen LogP contribution is 2.18. The molecule has 0 atom stereocenters. The lowest BCUT2D eigenvalue weighted by Gasteiger charge is -2.23. The molecule has 0 aromatic carbocycles. The smallest absolute Gasteiger partial charge is 0.213 e. The summed E-state index contributed by atoms with van der Waals surface area (Å²) in [5.74, 6) is 1.19. The number of hydrogen-bond acceptors (Lipinski definition) is 4. The first kappa shape index (κ1) is 20.2. The van der Waals surface area contributed by atoms with Gasteiger partial charge in [0, 0.05) is 31.1 Å². The van der Waals surface area contributed by atoms with Crippen molar-refractivity contribution >= 4 is 29.9 Å². The van der Waals surface area contributed by atoms with Gasteiger partial charge in [-0.05, 0) is 24.5 Å².